The van der Waals surface area contributed by atoms with Crippen LogP contribution in [0.1, 0.15) is 11.1 Å². The minimum absolute atomic E-state index is 0.0139. The summed E-state index contributed by atoms with van der Waals surface area (Å²) < 4.78 is 12.0. The second-order valence-corrected chi connectivity index (χ2v) is 7.41. The molecular formula is C20H16IN5O6. The SMILES string of the molecule is COc1cc(/C=N\Nc2ncccc2[N+](=O)[O-])cc(I)c1OCc1cccc([N+](=O)[O-])c1. The molecule has 0 bridgehead atoms. The monoisotopic (exact) mass is 549 g/mol. The van der Waals surface area contributed by atoms with Gasteiger partial charge in [0.25, 0.3) is 5.69 Å². The fourth-order valence-electron chi connectivity index (χ4n) is 2.67. The lowest BCUT2D eigenvalue weighted by Crippen LogP contribution is -2.02. The molecule has 0 unspecified atom stereocenters. The molecular weight excluding hydrogens is 533 g/mol. The van der Waals surface area contributed by atoms with Crippen molar-refractivity contribution in [3.63, 3.8) is 0 Å². The maximum absolute atomic E-state index is 11.0. The molecule has 0 amide bonds. The van der Waals surface area contributed by atoms with E-state index >= 15 is 0 Å². The maximum Gasteiger partial charge on any atom is 0.313 e. The lowest BCUT2D eigenvalue weighted by atomic mass is 10.2. The molecule has 1 aromatic heterocycles. The van der Waals surface area contributed by atoms with Crippen molar-refractivity contribution in [1.82, 2.24) is 4.98 Å². The Morgan fingerprint density at radius 3 is 2.69 bits per heavy atom. The minimum atomic E-state index is -0.551. The molecule has 0 spiro atoms. The fourth-order valence-corrected chi connectivity index (χ4v) is 3.45. The molecule has 0 saturated heterocycles. The number of halogens is 1. The first-order valence-electron chi connectivity index (χ1n) is 9.01. The Balaban J connectivity index is 1.75. The molecule has 0 aliphatic carbocycles. The van der Waals surface area contributed by atoms with Crippen molar-refractivity contribution in [2.75, 3.05) is 12.5 Å². The Bertz CT molecular complexity index is 1190. The molecule has 12 heteroatoms. The van der Waals surface area contributed by atoms with E-state index in [4.69, 9.17) is 9.47 Å². The molecule has 164 valence electrons. The molecule has 3 aromatic rings. The normalized spacial score (nSPS) is 10.7. The number of nitro benzene ring substituents is 1. The van der Waals surface area contributed by atoms with E-state index in [0.29, 0.717) is 22.6 Å². The summed E-state index contributed by atoms with van der Waals surface area (Å²) in [5.41, 5.74) is 3.65. The molecule has 0 saturated carbocycles. The van der Waals surface area contributed by atoms with Crippen LogP contribution >= 0.6 is 22.6 Å². The number of nitrogens with zero attached hydrogens (tertiary/aromatic N) is 4. The van der Waals surface area contributed by atoms with Crippen LogP contribution in [0, 0.1) is 23.8 Å². The van der Waals surface area contributed by atoms with Crippen LogP contribution in [0.5, 0.6) is 11.5 Å². The Labute approximate surface area is 195 Å². The maximum atomic E-state index is 11.0. The molecule has 0 radical (unpaired) electrons. The van der Waals surface area contributed by atoms with Gasteiger partial charge in [0.1, 0.15) is 6.61 Å². The van der Waals surface area contributed by atoms with Crippen molar-refractivity contribution in [2.24, 2.45) is 5.10 Å². The number of benzene rings is 2. The summed E-state index contributed by atoms with van der Waals surface area (Å²) in [6.45, 7) is 0.117. The van der Waals surface area contributed by atoms with Gasteiger partial charge in [0.05, 0.1) is 26.7 Å². The molecule has 3 rings (SSSR count). The predicted octanol–water partition coefficient (Wildman–Crippen LogP) is 4.54. The van der Waals surface area contributed by atoms with Gasteiger partial charge < -0.3 is 9.47 Å². The Hall–Kier alpha value is -3.81. The van der Waals surface area contributed by atoms with Gasteiger partial charge in [-0.2, -0.15) is 5.10 Å². The molecule has 0 atom stereocenters. The van der Waals surface area contributed by atoms with E-state index in [0.717, 1.165) is 3.57 Å². The van der Waals surface area contributed by atoms with Crippen LogP contribution in [0.15, 0.2) is 59.8 Å². The summed E-state index contributed by atoms with van der Waals surface area (Å²) in [6.07, 6.45) is 2.89. The number of anilines is 1. The summed E-state index contributed by atoms with van der Waals surface area (Å²) in [5.74, 6) is 0.935. The smallest absolute Gasteiger partial charge is 0.313 e. The predicted molar refractivity (Wildman–Crippen MR) is 125 cm³/mol. The summed E-state index contributed by atoms with van der Waals surface area (Å²) in [4.78, 5) is 24.9. The van der Waals surface area contributed by atoms with Gasteiger partial charge in [-0.05, 0) is 51.9 Å². The third-order valence-corrected chi connectivity index (χ3v) is 4.92. The van der Waals surface area contributed by atoms with Crippen LogP contribution in [0.4, 0.5) is 17.2 Å². The second kappa shape index (κ2) is 10.5. The minimum Gasteiger partial charge on any atom is -0.493 e. The first kappa shape index (κ1) is 22.9. The van der Waals surface area contributed by atoms with Gasteiger partial charge in [0.15, 0.2) is 11.5 Å². The highest BCUT2D eigenvalue weighted by Gasteiger charge is 2.14. The van der Waals surface area contributed by atoms with Crippen molar-refractivity contribution < 1.29 is 19.3 Å². The molecule has 2 aromatic carbocycles. The summed E-state index contributed by atoms with van der Waals surface area (Å²) in [5, 5.41) is 26.0. The van der Waals surface area contributed by atoms with Crippen LogP contribution < -0.4 is 14.9 Å². The number of hydrogen-bond acceptors (Lipinski definition) is 9. The van der Waals surface area contributed by atoms with Crippen molar-refractivity contribution in [3.8, 4) is 11.5 Å². The van der Waals surface area contributed by atoms with Gasteiger partial charge in [-0.25, -0.2) is 4.98 Å². The highest BCUT2D eigenvalue weighted by molar-refractivity contribution is 14.1. The summed E-state index contributed by atoms with van der Waals surface area (Å²) >= 11 is 2.08. The summed E-state index contributed by atoms with van der Waals surface area (Å²) in [6, 6.07) is 12.4. The Morgan fingerprint density at radius 2 is 1.97 bits per heavy atom. The second-order valence-electron chi connectivity index (χ2n) is 6.25. The van der Waals surface area contributed by atoms with E-state index in [1.54, 1.807) is 24.3 Å². The van der Waals surface area contributed by atoms with Gasteiger partial charge in [-0.3, -0.25) is 25.7 Å². The number of ether oxygens (including phenoxy) is 2. The average molecular weight is 549 g/mol. The topological polar surface area (TPSA) is 142 Å². The number of pyridine rings is 1. The van der Waals surface area contributed by atoms with E-state index in [1.807, 2.05) is 0 Å². The molecule has 0 fully saturated rings. The van der Waals surface area contributed by atoms with Gasteiger partial charge >= 0.3 is 5.69 Å². The van der Waals surface area contributed by atoms with Gasteiger partial charge in [-0.15, -0.1) is 0 Å². The molecule has 11 nitrogen and oxygen atoms in total. The first-order valence-corrected chi connectivity index (χ1v) is 10.1. The first-order chi connectivity index (χ1) is 15.4. The van der Waals surface area contributed by atoms with Crippen molar-refractivity contribution in [2.45, 2.75) is 6.61 Å². The zero-order chi connectivity index (χ0) is 23.1. The van der Waals surface area contributed by atoms with Gasteiger partial charge in [-0.1, -0.05) is 12.1 Å². The molecule has 1 N–H and O–H groups in total. The number of methoxy groups -OCH3 is 1. The number of rotatable bonds is 9. The number of non-ortho nitro benzene ring substituents is 1. The Kier molecular flexibility index (Phi) is 7.49. The zero-order valence-electron chi connectivity index (χ0n) is 16.6. The molecule has 0 aliphatic rings. The quantitative estimate of drug-likeness (QED) is 0.178. The lowest BCUT2D eigenvalue weighted by Gasteiger charge is -2.13. The number of aromatic nitrogens is 1. The van der Waals surface area contributed by atoms with Crippen molar-refractivity contribution in [1.29, 1.82) is 0 Å². The van der Waals surface area contributed by atoms with E-state index in [2.05, 4.69) is 38.1 Å². The van der Waals surface area contributed by atoms with Crippen LogP contribution in [-0.2, 0) is 6.61 Å². The van der Waals surface area contributed by atoms with E-state index < -0.39 is 9.85 Å². The highest BCUT2D eigenvalue weighted by Crippen LogP contribution is 2.34. The van der Waals surface area contributed by atoms with Crippen LogP contribution in [0.3, 0.4) is 0 Å². The van der Waals surface area contributed by atoms with Crippen LogP contribution in [0.2, 0.25) is 0 Å². The van der Waals surface area contributed by atoms with Crippen LogP contribution in [0.25, 0.3) is 0 Å². The van der Waals surface area contributed by atoms with Crippen molar-refractivity contribution in [3.05, 3.63) is 89.7 Å². The number of hydrazone groups is 1. The fraction of sp³-hybridized carbons (Fsp3) is 0.100. The summed E-state index contributed by atoms with van der Waals surface area (Å²) in [7, 11) is 1.49. The molecule has 1 heterocycles. The molecule has 32 heavy (non-hydrogen) atoms. The Morgan fingerprint density at radius 1 is 1.16 bits per heavy atom. The zero-order valence-corrected chi connectivity index (χ0v) is 18.8. The third-order valence-electron chi connectivity index (χ3n) is 4.12. The van der Waals surface area contributed by atoms with E-state index in [-0.39, 0.29) is 23.8 Å². The number of nitrogens with one attached hydrogen (secondary N) is 1. The van der Waals surface area contributed by atoms with Crippen LogP contribution in [-0.4, -0.2) is 28.2 Å². The standard InChI is InChI=1S/C20H16IN5O6/c1-31-18-10-14(11-23-24-20-17(26(29)30)6-3-7-22-20)9-16(21)19(18)32-12-13-4-2-5-15(8-13)25(27)28/h2-11H,12H2,1H3,(H,22,24)/b23-11-. The molecule has 0 aliphatic heterocycles. The van der Waals surface area contributed by atoms with Crippen molar-refractivity contribution >= 4 is 46.0 Å². The highest BCUT2D eigenvalue weighted by atomic mass is 127. The number of nitro groups is 2. The van der Waals surface area contributed by atoms with Gasteiger partial charge in [0.2, 0.25) is 5.82 Å². The average Bonchev–Trinajstić information content (AvgIpc) is 2.78. The largest absolute Gasteiger partial charge is 0.493 e. The third kappa shape index (κ3) is 5.66. The van der Waals surface area contributed by atoms with Gasteiger partial charge in [0, 0.05) is 24.4 Å². The number of hydrogen-bond donors (Lipinski definition) is 1. The van der Waals surface area contributed by atoms with E-state index in [9.17, 15) is 20.2 Å². The lowest BCUT2D eigenvalue weighted by molar-refractivity contribution is -0.385. The van der Waals surface area contributed by atoms with E-state index in [1.165, 1.54) is 43.8 Å².